The highest BCUT2D eigenvalue weighted by Gasteiger charge is 1.92. The van der Waals surface area contributed by atoms with Crippen molar-refractivity contribution in [1.29, 1.82) is 0 Å². The van der Waals surface area contributed by atoms with Gasteiger partial charge in [0.15, 0.2) is 0 Å². The van der Waals surface area contributed by atoms with Crippen LogP contribution in [0.1, 0.15) is 47.0 Å². The second-order valence-corrected chi connectivity index (χ2v) is 5.36. The van der Waals surface area contributed by atoms with Crippen LogP contribution in [-0.4, -0.2) is 5.75 Å². The van der Waals surface area contributed by atoms with Crippen molar-refractivity contribution in [2.75, 3.05) is 5.75 Å². The van der Waals surface area contributed by atoms with Crippen LogP contribution >= 0.6 is 11.8 Å². The molecule has 0 N–H and O–H groups in total. The molecule has 0 rings (SSSR count). The molecule has 0 radical (unpaired) electrons. The van der Waals surface area contributed by atoms with Gasteiger partial charge in [0.05, 0.1) is 0 Å². The van der Waals surface area contributed by atoms with Gasteiger partial charge < -0.3 is 0 Å². The minimum Gasteiger partial charge on any atom is -0.134 e. The van der Waals surface area contributed by atoms with Crippen molar-refractivity contribution >= 4 is 11.8 Å². The van der Waals surface area contributed by atoms with Crippen LogP contribution in [0.5, 0.6) is 0 Å². The molecule has 0 aliphatic carbocycles. The van der Waals surface area contributed by atoms with E-state index in [-0.39, 0.29) is 0 Å². The molecule has 0 aromatic heterocycles. The van der Waals surface area contributed by atoms with Crippen LogP contribution in [0, 0.1) is 11.8 Å². The summed E-state index contributed by atoms with van der Waals surface area (Å²) >= 11 is 1.94. The van der Waals surface area contributed by atoms with E-state index in [0.717, 1.165) is 11.8 Å². The normalized spacial score (nSPS) is 12.2. The van der Waals surface area contributed by atoms with Gasteiger partial charge in [-0.1, -0.05) is 40.2 Å². The van der Waals surface area contributed by atoms with Crippen molar-refractivity contribution < 1.29 is 0 Å². The van der Waals surface area contributed by atoms with Gasteiger partial charge in [0.1, 0.15) is 0 Å². The average Bonchev–Trinajstić information content (AvgIpc) is 2.01. The third kappa shape index (κ3) is 12.1. The molecule has 0 spiro atoms. The minimum atomic E-state index is 0.810. The molecule has 0 aromatic carbocycles. The minimum absolute atomic E-state index is 0.810. The van der Waals surface area contributed by atoms with E-state index in [1.54, 1.807) is 0 Å². The fourth-order valence-corrected chi connectivity index (χ4v) is 1.80. The van der Waals surface area contributed by atoms with Gasteiger partial charge in [-0.25, -0.2) is 0 Å². The van der Waals surface area contributed by atoms with Crippen molar-refractivity contribution in [1.82, 2.24) is 0 Å². The monoisotopic (exact) mass is 200 g/mol. The maximum Gasteiger partial charge on any atom is -0.000296 e. The lowest BCUT2D eigenvalue weighted by atomic mass is 10.1. The first kappa shape index (κ1) is 13.1. The number of allylic oxidation sites excluding steroid dienone is 1. The molecule has 0 heterocycles. The topological polar surface area (TPSA) is 0 Å². The Morgan fingerprint density at radius 1 is 1.08 bits per heavy atom. The summed E-state index contributed by atoms with van der Waals surface area (Å²) in [6, 6.07) is 0. The molecule has 0 nitrogen and oxygen atoms in total. The van der Waals surface area contributed by atoms with E-state index in [9.17, 15) is 0 Å². The highest BCUT2D eigenvalue weighted by Crippen LogP contribution is 2.11. The average molecular weight is 200 g/mol. The van der Waals surface area contributed by atoms with Crippen molar-refractivity contribution in [2.45, 2.75) is 47.0 Å². The Hall–Kier alpha value is 0.0900. The van der Waals surface area contributed by atoms with Crippen LogP contribution in [0.2, 0.25) is 0 Å². The zero-order valence-corrected chi connectivity index (χ0v) is 10.4. The van der Waals surface area contributed by atoms with Gasteiger partial charge in [0, 0.05) is 0 Å². The first-order valence-electron chi connectivity index (χ1n) is 5.39. The van der Waals surface area contributed by atoms with Crippen LogP contribution in [0.25, 0.3) is 0 Å². The van der Waals surface area contributed by atoms with Gasteiger partial charge in [-0.05, 0) is 35.8 Å². The second-order valence-electron chi connectivity index (χ2n) is 4.42. The highest BCUT2D eigenvalue weighted by atomic mass is 32.2. The second kappa shape index (κ2) is 8.68. The molecular weight excluding hydrogens is 176 g/mol. The Morgan fingerprint density at radius 2 is 1.77 bits per heavy atom. The zero-order chi connectivity index (χ0) is 10.1. The van der Waals surface area contributed by atoms with Crippen LogP contribution in [-0.2, 0) is 0 Å². The Kier molecular flexibility index (Phi) is 8.74. The third-order valence-corrected chi connectivity index (χ3v) is 3.02. The van der Waals surface area contributed by atoms with Gasteiger partial charge in [-0.3, -0.25) is 0 Å². The Morgan fingerprint density at radius 3 is 2.31 bits per heavy atom. The first-order chi connectivity index (χ1) is 6.13. The molecule has 0 fully saturated rings. The SMILES string of the molecule is CC(C)CCC/C=C\SCC(C)C. The van der Waals surface area contributed by atoms with E-state index in [1.165, 1.54) is 25.0 Å². The summed E-state index contributed by atoms with van der Waals surface area (Å²) in [7, 11) is 0. The van der Waals surface area contributed by atoms with E-state index in [4.69, 9.17) is 0 Å². The Labute approximate surface area is 88.2 Å². The molecule has 0 aromatic rings. The molecule has 0 saturated carbocycles. The predicted octanol–water partition coefficient (Wildman–Crippen LogP) is 4.72. The number of hydrogen-bond donors (Lipinski definition) is 0. The summed E-state index contributed by atoms with van der Waals surface area (Å²) in [5.41, 5.74) is 0. The van der Waals surface area contributed by atoms with Crippen molar-refractivity contribution in [2.24, 2.45) is 11.8 Å². The van der Waals surface area contributed by atoms with Crippen LogP contribution in [0.4, 0.5) is 0 Å². The van der Waals surface area contributed by atoms with Gasteiger partial charge in [-0.15, -0.1) is 11.8 Å². The predicted molar refractivity (Wildman–Crippen MR) is 65.1 cm³/mol. The number of thioether (sulfide) groups is 1. The molecule has 78 valence electrons. The van der Waals surface area contributed by atoms with Crippen molar-refractivity contribution in [3.8, 4) is 0 Å². The standard InChI is InChI=1S/C12H24S/c1-11(2)8-6-5-7-9-13-10-12(3)4/h7,9,11-12H,5-6,8,10H2,1-4H3/b9-7-. The molecule has 0 unspecified atom stereocenters. The summed E-state index contributed by atoms with van der Waals surface area (Å²) in [5, 5.41) is 2.26. The van der Waals surface area contributed by atoms with Crippen LogP contribution < -0.4 is 0 Å². The summed E-state index contributed by atoms with van der Waals surface area (Å²) in [4.78, 5) is 0. The van der Waals surface area contributed by atoms with E-state index >= 15 is 0 Å². The summed E-state index contributed by atoms with van der Waals surface area (Å²) in [5.74, 6) is 2.92. The molecule has 0 aliphatic heterocycles. The maximum atomic E-state index is 2.31. The van der Waals surface area contributed by atoms with E-state index in [1.807, 2.05) is 11.8 Å². The summed E-state index contributed by atoms with van der Waals surface area (Å²) in [6.45, 7) is 9.10. The lowest BCUT2D eigenvalue weighted by molar-refractivity contribution is 0.560. The van der Waals surface area contributed by atoms with Crippen LogP contribution in [0.15, 0.2) is 11.5 Å². The maximum absolute atomic E-state index is 2.31. The molecule has 0 saturated heterocycles. The number of rotatable bonds is 7. The summed E-state index contributed by atoms with van der Waals surface area (Å²) < 4.78 is 0. The van der Waals surface area contributed by atoms with E-state index < -0.39 is 0 Å². The number of hydrogen-bond acceptors (Lipinski definition) is 1. The lowest BCUT2D eigenvalue weighted by Crippen LogP contribution is -1.87. The molecule has 13 heavy (non-hydrogen) atoms. The van der Waals surface area contributed by atoms with Crippen LogP contribution in [0.3, 0.4) is 0 Å². The number of unbranched alkanes of at least 4 members (excludes halogenated alkanes) is 1. The largest absolute Gasteiger partial charge is 0.134 e. The first-order valence-corrected chi connectivity index (χ1v) is 6.44. The van der Waals surface area contributed by atoms with Gasteiger partial charge in [-0.2, -0.15) is 0 Å². The molecule has 0 amide bonds. The smallest absolute Gasteiger partial charge is 0.000296 e. The molecule has 0 atom stereocenters. The molecule has 0 bridgehead atoms. The van der Waals surface area contributed by atoms with Crippen molar-refractivity contribution in [3.63, 3.8) is 0 Å². The fourth-order valence-electron chi connectivity index (χ4n) is 1.03. The van der Waals surface area contributed by atoms with E-state index in [0.29, 0.717) is 0 Å². The zero-order valence-electron chi connectivity index (χ0n) is 9.55. The van der Waals surface area contributed by atoms with Gasteiger partial charge in [0.25, 0.3) is 0 Å². The molecule has 1 heteroatoms. The summed E-state index contributed by atoms with van der Waals surface area (Å²) in [6.07, 6.45) is 6.27. The molecule has 0 aliphatic rings. The Bertz CT molecular complexity index is 125. The van der Waals surface area contributed by atoms with Gasteiger partial charge in [0.2, 0.25) is 0 Å². The quantitative estimate of drug-likeness (QED) is 0.536. The lowest BCUT2D eigenvalue weighted by Gasteiger charge is -2.01. The van der Waals surface area contributed by atoms with Crippen molar-refractivity contribution in [3.05, 3.63) is 11.5 Å². The Balaban J connectivity index is 3.13. The van der Waals surface area contributed by atoms with E-state index in [2.05, 4.69) is 39.2 Å². The van der Waals surface area contributed by atoms with Gasteiger partial charge >= 0.3 is 0 Å². The fraction of sp³-hybridized carbons (Fsp3) is 0.833. The molecular formula is C12H24S. The third-order valence-electron chi connectivity index (χ3n) is 1.77. The highest BCUT2D eigenvalue weighted by molar-refractivity contribution is 8.02.